The van der Waals surface area contributed by atoms with Crippen molar-refractivity contribution in [1.82, 2.24) is 4.90 Å². The molecular formula is C16H24N2O2. The summed E-state index contributed by atoms with van der Waals surface area (Å²) in [5.41, 5.74) is 1.99. The summed E-state index contributed by atoms with van der Waals surface area (Å²) in [4.78, 5) is 14.3. The molecule has 110 valence electrons. The Balaban J connectivity index is 1.89. The van der Waals surface area contributed by atoms with Crippen molar-refractivity contribution in [2.75, 3.05) is 25.0 Å². The SMILES string of the molecule is Cc1cccc(NC(=O)CN2CCCCC2CCO)c1. The summed E-state index contributed by atoms with van der Waals surface area (Å²) in [7, 11) is 0. The fraction of sp³-hybridized carbons (Fsp3) is 0.562. The van der Waals surface area contributed by atoms with Gasteiger partial charge in [-0.25, -0.2) is 0 Å². The lowest BCUT2D eigenvalue weighted by molar-refractivity contribution is -0.118. The van der Waals surface area contributed by atoms with Crippen LogP contribution in [0.5, 0.6) is 0 Å². The number of nitrogens with one attached hydrogen (secondary N) is 1. The highest BCUT2D eigenvalue weighted by molar-refractivity contribution is 5.92. The second kappa shape index (κ2) is 7.41. The first-order valence-electron chi connectivity index (χ1n) is 7.40. The lowest BCUT2D eigenvalue weighted by Gasteiger charge is -2.34. The van der Waals surface area contributed by atoms with Crippen molar-refractivity contribution >= 4 is 11.6 Å². The molecule has 0 aromatic heterocycles. The van der Waals surface area contributed by atoms with Crippen LogP contribution in [-0.4, -0.2) is 41.7 Å². The second-order valence-corrected chi connectivity index (χ2v) is 5.55. The lowest BCUT2D eigenvalue weighted by Crippen LogP contribution is -2.44. The number of piperidine rings is 1. The number of amides is 1. The van der Waals surface area contributed by atoms with E-state index in [1.54, 1.807) is 0 Å². The van der Waals surface area contributed by atoms with Gasteiger partial charge in [0.25, 0.3) is 0 Å². The predicted molar refractivity (Wildman–Crippen MR) is 80.7 cm³/mol. The standard InChI is InChI=1S/C16H24N2O2/c1-13-5-4-6-14(11-13)17-16(20)12-18-9-3-2-7-15(18)8-10-19/h4-6,11,15,19H,2-3,7-10,12H2,1H3,(H,17,20). The van der Waals surface area contributed by atoms with Crippen molar-refractivity contribution < 1.29 is 9.90 Å². The Morgan fingerprint density at radius 3 is 3.05 bits per heavy atom. The zero-order valence-electron chi connectivity index (χ0n) is 12.1. The summed E-state index contributed by atoms with van der Waals surface area (Å²) in [6.45, 7) is 3.57. The molecule has 1 fully saturated rings. The monoisotopic (exact) mass is 276 g/mol. The summed E-state index contributed by atoms with van der Waals surface area (Å²) in [6.07, 6.45) is 4.18. The Morgan fingerprint density at radius 2 is 2.30 bits per heavy atom. The summed E-state index contributed by atoms with van der Waals surface area (Å²) in [5.74, 6) is 0.0282. The van der Waals surface area contributed by atoms with E-state index in [0.717, 1.165) is 37.1 Å². The first kappa shape index (κ1) is 15.0. The van der Waals surface area contributed by atoms with Crippen LogP contribution >= 0.6 is 0 Å². The molecule has 0 spiro atoms. The number of likely N-dealkylation sites (tertiary alicyclic amines) is 1. The average Bonchev–Trinajstić information content (AvgIpc) is 2.41. The van der Waals surface area contributed by atoms with Crippen LogP contribution in [-0.2, 0) is 4.79 Å². The van der Waals surface area contributed by atoms with E-state index in [-0.39, 0.29) is 12.5 Å². The number of rotatable bonds is 5. The van der Waals surface area contributed by atoms with Crippen LogP contribution in [0.2, 0.25) is 0 Å². The highest BCUT2D eigenvalue weighted by atomic mass is 16.3. The van der Waals surface area contributed by atoms with Crippen LogP contribution in [0.3, 0.4) is 0 Å². The van der Waals surface area contributed by atoms with Crippen LogP contribution in [0.1, 0.15) is 31.2 Å². The highest BCUT2D eigenvalue weighted by Gasteiger charge is 2.23. The Hall–Kier alpha value is -1.39. The van der Waals surface area contributed by atoms with Crippen molar-refractivity contribution in [3.63, 3.8) is 0 Å². The van der Waals surface area contributed by atoms with Crippen LogP contribution in [0.4, 0.5) is 5.69 Å². The van der Waals surface area contributed by atoms with E-state index in [2.05, 4.69) is 10.2 Å². The average molecular weight is 276 g/mol. The Labute approximate surface area is 120 Å². The molecule has 0 bridgehead atoms. The topological polar surface area (TPSA) is 52.6 Å². The summed E-state index contributed by atoms with van der Waals surface area (Å²) in [5, 5.41) is 12.1. The highest BCUT2D eigenvalue weighted by Crippen LogP contribution is 2.19. The largest absolute Gasteiger partial charge is 0.396 e. The maximum atomic E-state index is 12.1. The Kier molecular flexibility index (Phi) is 5.56. The minimum absolute atomic E-state index is 0.0282. The van der Waals surface area contributed by atoms with Crippen molar-refractivity contribution in [3.05, 3.63) is 29.8 Å². The van der Waals surface area contributed by atoms with Crippen molar-refractivity contribution in [3.8, 4) is 0 Å². The third kappa shape index (κ3) is 4.32. The molecule has 1 aliphatic rings. The molecule has 1 amide bonds. The molecule has 1 aromatic carbocycles. The molecular weight excluding hydrogens is 252 g/mol. The van der Waals surface area contributed by atoms with Gasteiger partial charge in [0.1, 0.15) is 0 Å². The van der Waals surface area contributed by atoms with Gasteiger partial charge in [-0.05, 0) is 50.4 Å². The molecule has 0 aliphatic carbocycles. The van der Waals surface area contributed by atoms with Crippen LogP contribution in [0.15, 0.2) is 24.3 Å². The van der Waals surface area contributed by atoms with Gasteiger partial charge in [-0.1, -0.05) is 18.6 Å². The van der Waals surface area contributed by atoms with Gasteiger partial charge in [0.15, 0.2) is 0 Å². The van der Waals surface area contributed by atoms with Gasteiger partial charge < -0.3 is 10.4 Å². The molecule has 1 saturated heterocycles. The Morgan fingerprint density at radius 1 is 1.45 bits per heavy atom. The molecule has 4 nitrogen and oxygen atoms in total. The molecule has 1 unspecified atom stereocenters. The molecule has 2 rings (SSSR count). The number of nitrogens with zero attached hydrogens (tertiary/aromatic N) is 1. The number of carbonyl (C=O) groups is 1. The van der Waals surface area contributed by atoms with Gasteiger partial charge in [-0.2, -0.15) is 0 Å². The lowest BCUT2D eigenvalue weighted by atomic mass is 9.99. The van der Waals surface area contributed by atoms with E-state index in [0.29, 0.717) is 12.6 Å². The smallest absolute Gasteiger partial charge is 0.238 e. The summed E-state index contributed by atoms with van der Waals surface area (Å²) < 4.78 is 0. The van der Waals surface area contributed by atoms with Gasteiger partial charge in [0.05, 0.1) is 6.54 Å². The molecule has 1 atom stereocenters. The molecule has 1 heterocycles. The van der Waals surface area contributed by atoms with Crippen molar-refractivity contribution in [1.29, 1.82) is 0 Å². The normalized spacial score (nSPS) is 19.8. The Bertz CT molecular complexity index is 446. The maximum Gasteiger partial charge on any atom is 0.238 e. The number of benzene rings is 1. The molecule has 4 heteroatoms. The van der Waals surface area contributed by atoms with Crippen molar-refractivity contribution in [2.45, 2.75) is 38.6 Å². The number of hydrogen-bond acceptors (Lipinski definition) is 3. The molecule has 1 aliphatic heterocycles. The van der Waals surface area contributed by atoms with E-state index >= 15 is 0 Å². The van der Waals surface area contributed by atoms with E-state index in [1.165, 1.54) is 6.42 Å². The first-order chi connectivity index (χ1) is 9.69. The fourth-order valence-corrected chi connectivity index (χ4v) is 2.85. The van der Waals surface area contributed by atoms with Gasteiger partial charge in [-0.3, -0.25) is 9.69 Å². The predicted octanol–water partition coefficient (Wildman–Crippen LogP) is 2.17. The van der Waals surface area contributed by atoms with E-state index in [1.807, 2.05) is 31.2 Å². The molecule has 2 N–H and O–H groups in total. The summed E-state index contributed by atoms with van der Waals surface area (Å²) >= 11 is 0. The van der Waals surface area contributed by atoms with E-state index < -0.39 is 0 Å². The number of aliphatic hydroxyl groups excluding tert-OH is 1. The molecule has 20 heavy (non-hydrogen) atoms. The van der Waals surface area contributed by atoms with E-state index in [9.17, 15) is 4.79 Å². The van der Waals surface area contributed by atoms with Gasteiger partial charge in [-0.15, -0.1) is 0 Å². The summed E-state index contributed by atoms with van der Waals surface area (Å²) in [6, 6.07) is 8.18. The van der Waals surface area contributed by atoms with Crippen molar-refractivity contribution in [2.24, 2.45) is 0 Å². The number of aliphatic hydroxyl groups is 1. The zero-order valence-corrected chi connectivity index (χ0v) is 12.1. The van der Waals surface area contributed by atoms with Crippen LogP contribution in [0, 0.1) is 6.92 Å². The number of anilines is 1. The number of hydrogen-bond donors (Lipinski definition) is 2. The minimum atomic E-state index is 0.0282. The minimum Gasteiger partial charge on any atom is -0.396 e. The van der Waals surface area contributed by atoms with Gasteiger partial charge in [0.2, 0.25) is 5.91 Å². The molecule has 0 radical (unpaired) electrons. The number of carbonyl (C=O) groups excluding carboxylic acids is 1. The van der Waals surface area contributed by atoms with Gasteiger partial charge in [0, 0.05) is 18.3 Å². The van der Waals surface area contributed by atoms with E-state index in [4.69, 9.17) is 5.11 Å². The first-order valence-corrected chi connectivity index (χ1v) is 7.40. The molecule has 1 aromatic rings. The van der Waals surface area contributed by atoms with Gasteiger partial charge >= 0.3 is 0 Å². The fourth-order valence-electron chi connectivity index (χ4n) is 2.85. The second-order valence-electron chi connectivity index (χ2n) is 5.55. The van der Waals surface area contributed by atoms with Crippen LogP contribution < -0.4 is 5.32 Å². The third-order valence-electron chi connectivity index (χ3n) is 3.86. The molecule has 0 saturated carbocycles. The quantitative estimate of drug-likeness (QED) is 0.866. The zero-order chi connectivity index (χ0) is 14.4. The maximum absolute atomic E-state index is 12.1. The van der Waals surface area contributed by atoms with Crippen LogP contribution in [0.25, 0.3) is 0 Å². The number of aryl methyl sites for hydroxylation is 1. The third-order valence-corrected chi connectivity index (χ3v) is 3.86.